The molecule has 0 atom stereocenters. The van der Waals surface area contributed by atoms with Gasteiger partial charge in [-0.25, -0.2) is 4.79 Å². The number of hydrogen-bond donors (Lipinski definition) is 1. The van der Waals surface area contributed by atoms with Crippen LogP contribution in [0, 0.1) is 0 Å². The lowest BCUT2D eigenvalue weighted by Gasteiger charge is -2.30. The van der Waals surface area contributed by atoms with Crippen molar-refractivity contribution in [2.24, 2.45) is 0 Å². The minimum absolute atomic E-state index is 0.123. The Morgan fingerprint density at radius 1 is 1.31 bits per heavy atom. The molecule has 8 nitrogen and oxygen atoms in total. The zero-order chi connectivity index (χ0) is 19.1. The van der Waals surface area contributed by atoms with E-state index in [9.17, 15) is 13.6 Å². The van der Waals surface area contributed by atoms with Crippen LogP contribution >= 0.6 is 0 Å². The van der Waals surface area contributed by atoms with E-state index in [4.69, 9.17) is 14.3 Å². The van der Waals surface area contributed by atoms with Crippen LogP contribution in [0.15, 0.2) is 16.5 Å². The fraction of sp³-hybridized carbons (Fsp3) is 0.562. The number of fused-ring (bicyclic) bond motifs is 1. The topological polar surface area (TPSA) is 93.6 Å². The highest BCUT2D eigenvalue weighted by Crippen LogP contribution is 2.32. The maximum atomic E-state index is 13.5. The fourth-order valence-corrected chi connectivity index (χ4v) is 2.55. The van der Waals surface area contributed by atoms with Crippen molar-refractivity contribution in [3.8, 4) is 11.6 Å². The lowest BCUT2D eigenvalue weighted by atomic mass is 10.2. The highest BCUT2D eigenvalue weighted by molar-refractivity contribution is 5.68. The second-order valence-corrected chi connectivity index (χ2v) is 7.02. The molecule has 3 heterocycles. The summed E-state index contributed by atoms with van der Waals surface area (Å²) in [6.45, 7) is 4.95. The molecule has 1 aliphatic heterocycles. The molecule has 2 aromatic heterocycles. The molecular formula is C16H20F2N4O4. The predicted molar refractivity (Wildman–Crippen MR) is 85.3 cm³/mol. The SMILES string of the molecule is CC(C)(C)OC(=O)N1CCn2c(nnc2-c2ccc(C(F)(F)CO)o2)C1. The largest absolute Gasteiger partial charge is 0.451 e. The minimum atomic E-state index is -3.46. The molecule has 142 valence electrons. The van der Waals surface area contributed by atoms with E-state index in [2.05, 4.69) is 10.2 Å². The number of aromatic nitrogens is 3. The molecule has 0 unspecified atom stereocenters. The van der Waals surface area contributed by atoms with Crippen molar-refractivity contribution in [1.82, 2.24) is 19.7 Å². The molecule has 0 radical (unpaired) electrons. The molecule has 1 N–H and O–H groups in total. The Balaban J connectivity index is 1.79. The Hall–Kier alpha value is -2.49. The summed E-state index contributed by atoms with van der Waals surface area (Å²) in [4.78, 5) is 13.7. The second-order valence-electron chi connectivity index (χ2n) is 7.02. The second kappa shape index (κ2) is 6.35. The van der Waals surface area contributed by atoms with E-state index < -0.39 is 30.0 Å². The maximum Gasteiger partial charge on any atom is 0.410 e. The van der Waals surface area contributed by atoms with Crippen LogP contribution < -0.4 is 0 Å². The van der Waals surface area contributed by atoms with Crippen LogP contribution in [0.4, 0.5) is 13.6 Å². The number of carbonyl (C=O) groups excluding carboxylic acids is 1. The van der Waals surface area contributed by atoms with Gasteiger partial charge in [-0.3, -0.25) is 4.90 Å². The molecule has 1 aliphatic rings. The summed E-state index contributed by atoms with van der Waals surface area (Å²) < 4.78 is 39.2. The van der Waals surface area contributed by atoms with Crippen molar-refractivity contribution in [2.75, 3.05) is 13.2 Å². The third-order valence-corrected chi connectivity index (χ3v) is 3.79. The highest BCUT2D eigenvalue weighted by Gasteiger charge is 2.35. The lowest BCUT2D eigenvalue weighted by molar-refractivity contribution is -0.0718. The molecule has 0 spiro atoms. The molecule has 3 rings (SSSR count). The summed E-state index contributed by atoms with van der Waals surface area (Å²) in [5.41, 5.74) is -0.601. The number of rotatable bonds is 3. The van der Waals surface area contributed by atoms with Gasteiger partial charge >= 0.3 is 12.0 Å². The number of ether oxygens (including phenoxy) is 1. The predicted octanol–water partition coefficient (Wildman–Crippen LogP) is 2.37. The normalized spacial score (nSPS) is 15.1. The number of aliphatic hydroxyl groups excluding tert-OH is 1. The number of halogens is 2. The van der Waals surface area contributed by atoms with Gasteiger partial charge in [0.2, 0.25) is 0 Å². The minimum Gasteiger partial charge on any atom is -0.451 e. The van der Waals surface area contributed by atoms with Crippen LogP contribution in [0.25, 0.3) is 11.6 Å². The number of nitrogens with zero attached hydrogens (tertiary/aromatic N) is 4. The van der Waals surface area contributed by atoms with Crippen molar-refractivity contribution in [2.45, 2.75) is 45.4 Å². The molecule has 0 aromatic carbocycles. The summed E-state index contributed by atoms with van der Waals surface area (Å²) in [5.74, 6) is -3.18. The molecule has 2 aromatic rings. The van der Waals surface area contributed by atoms with Crippen LogP contribution in [0.3, 0.4) is 0 Å². The average Bonchev–Trinajstić information content (AvgIpc) is 3.19. The number of aliphatic hydroxyl groups is 1. The van der Waals surface area contributed by atoms with Gasteiger partial charge in [0.15, 0.2) is 23.2 Å². The summed E-state index contributed by atoms with van der Waals surface area (Å²) in [7, 11) is 0. The summed E-state index contributed by atoms with van der Waals surface area (Å²) >= 11 is 0. The highest BCUT2D eigenvalue weighted by atomic mass is 19.3. The molecule has 0 saturated carbocycles. The molecule has 0 fully saturated rings. The van der Waals surface area contributed by atoms with E-state index in [1.165, 1.54) is 11.0 Å². The van der Waals surface area contributed by atoms with Gasteiger partial charge in [0.25, 0.3) is 0 Å². The van der Waals surface area contributed by atoms with Gasteiger partial charge in [0, 0.05) is 13.1 Å². The van der Waals surface area contributed by atoms with E-state index in [1.807, 2.05) is 0 Å². The Kier molecular flexibility index (Phi) is 4.47. The first-order valence-corrected chi connectivity index (χ1v) is 8.10. The summed E-state index contributed by atoms with van der Waals surface area (Å²) in [5, 5.41) is 16.8. The Morgan fingerprint density at radius 3 is 2.69 bits per heavy atom. The van der Waals surface area contributed by atoms with Crippen molar-refractivity contribution < 1.29 is 27.8 Å². The zero-order valence-corrected chi connectivity index (χ0v) is 14.7. The van der Waals surface area contributed by atoms with E-state index in [0.717, 1.165) is 6.07 Å². The molecule has 0 aliphatic carbocycles. The first kappa shape index (κ1) is 18.3. The van der Waals surface area contributed by atoms with Crippen molar-refractivity contribution in [3.05, 3.63) is 23.7 Å². The van der Waals surface area contributed by atoms with Crippen LogP contribution in [0.2, 0.25) is 0 Å². The van der Waals surface area contributed by atoms with Crippen LogP contribution in [-0.2, 0) is 23.7 Å². The fourth-order valence-electron chi connectivity index (χ4n) is 2.55. The van der Waals surface area contributed by atoms with E-state index >= 15 is 0 Å². The standard InChI is InChI=1S/C16H20F2N4O4/c1-15(2,3)26-14(24)21-6-7-22-12(8-21)19-20-13(22)10-4-5-11(25-10)16(17,18)9-23/h4-5,23H,6-9H2,1-3H3. The van der Waals surface area contributed by atoms with Gasteiger partial charge in [-0.2, -0.15) is 8.78 Å². The third kappa shape index (κ3) is 3.55. The van der Waals surface area contributed by atoms with E-state index in [-0.39, 0.29) is 12.3 Å². The first-order valence-electron chi connectivity index (χ1n) is 8.10. The van der Waals surface area contributed by atoms with Gasteiger partial charge < -0.3 is 18.8 Å². The van der Waals surface area contributed by atoms with Gasteiger partial charge in [-0.05, 0) is 32.9 Å². The van der Waals surface area contributed by atoms with Gasteiger partial charge in [-0.15, -0.1) is 10.2 Å². The molecule has 10 heteroatoms. The summed E-state index contributed by atoms with van der Waals surface area (Å²) in [6.07, 6.45) is -0.448. The van der Waals surface area contributed by atoms with Crippen LogP contribution in [-0.4, -0.2) is 49.6 Å². The van der Waals surface area contributed by atoms with Crippen LogP contribution in [0.1, 0.15) is 32.4 Å². The molecular weight excluding hydrogens is 350 g/mol. The number of furan rings is 1. The molecule has 0 saturated heterocycles. The number of carbonyl (C=O) groups is 1. The number of hydrogen-bond acceptors (Lipinski definition) is 6. The Morgan fingerprint density at radius 2 is 2.04 bits per heavy atom. The van der Waals surface area contributed by atoms with E-state index in [1.54, 1.807) is 25.3 Å². The number of amides is 1. The molecule has 1 amide bonds. The van der Waals surface area contributed by atoms with Crippen molar-refractivity contribution in [3.63, 3.8) is 0 Å². The van der Waals surface area contributed by atoms with Crippen molar-refractivity contribution >= 4 is 6.09 Å². The maximum absolute atomic E-state index is 13.5. The quantitative estimate of drug-likeness (QED) is 0.892. The monoisotopic (exact) mass is 370 g/mol. The Bertz CT molecular complexity index is 810. The Labute approximate surface area is 148 Å². The summed E-state index contributed by atoms with van der Waals surface area (Å²) in [6, 6.07) is 2.46. The van der Waals surface area contributed by atoms with Gasteiger partial charge in [-0.1, -0.05) is 0 Å². The van der Waals surface area contributed by atoms with Gasteiger partial charge in [0.05, 0.1) is 6.54 Å². The first-order chi connectivity index (χ1) is 12.1. The zero-order valence-electron chi connectivity index (χ0n) is 14.7. The van der Waals surface area contributed by atoms with Crippen molar-refractivity contribution in [1.29, 1.82) is 0 Å². The third-order valence-electron chi connectivity index (χ3n) is 3.79. The smallest absolute Gasteiger partial charge is 0.410 e. The van der Waals surface area contributed by atoms with Gasteiger partial charge in [0.1, 0.15) is 12.2 Å². The molecule has 0 bridgehead atoms. The van der Waals surface area contributed by atoms with E-state index in [0.29, 0.717) is 24.7 Å². The molecule has 26 heavy (non-hydrogen) atoms. The van der Waals surface area contributed by atoms with Crippen LogP contribution in [0.5, 0.6) is 0 Å². The number of alkyl halides is 2. The lowest BCUT2D eigenvalue weighted by Crippen LogP contribution is -2.41. The average molecular weight is 370 g/mol.